The van der Waals surface area contributed by atoms with Crippen molar-refractivity contribution in [1.29, 1.82) is 0 Å². The molecule has 0 unspecified atom stereocenters. The molecule has 4 nitrogen and oxygen atoms in total. The Morgan fingerprint density at radius 2 is 1.58 bits per heavy atom. The van der Waals surface area contributed by atoms with Crippen molar-refractivity contribution >= 4 is 20.1 Å². The van der Waals surface area contributed by atoms with E-state index in [4.69, 9.17) is 9.26 Å². The van der Waals surface area contributed by atoms with Gasteiger partial charge in [0.1, 0.15) is 6.61 Å². The molecule has 0 radical (unpaired) electrons. The van der Waals surface area contributed by atoms with Gasteiger partial charge in [0.05, 0.1) is 5.69 Å². The van der Waals surface area contributed by atoms with Crippen LogP contribution in [0, 0.1) is 6.92 Å². The summed E-state index contributed by atoms with van der Waals surface area (Å²) >= 11 is 0. The van der Waals surface area contributed by atoms with Gasteiger partial charge in [0.15, 0.2) is 0 Å². The fourth-order valence-corrected chi connectivity index (χ4v) is 2.93. The SMILES string of the molecule is Cc1ccc(N(O[Si](C)(C)C(C)(C)C)C(=O)OCc2ccccc2)cc1. The smallest absolute Gasteiger partial charge is 0.438 e. The molecule has 0 N–H and O–H groups in total. The first kappa shape index (κ1) is 20.2. The Morgan fingerprint density at radius 3 is 2.12 bits per heavy atom. The number of anilines is 1. The molecule has 5 heteroatoms. The predicted octanol–water partition coefficient (Wildman–Crippen LogP) is 6.08. The highest BCUT2D eigenvalue weighted by molar-refractivity contribution is 6.74. The number of rotatable bonds is 5. The van der Waals surface area contributed by atoms with Crippen LogP contribution in [0.4, 0.5) is 10.5 Å². The van der Waals surface area contributed by atoms with Crippen molar-refractivity contribution in [3.05, 3.63) is 65.7 Å². The lowest BCUT2D eigenvalue weighted by atomic mass is 10.2. The third-order valence-electron chi connectivity index (χ3n) is 4.77. The average Bonchev–Trinajstić information content (AvgIpc) is 2.58. The Hall–Kier alpha value is -2.11. The van der Waals surface area contributed by atoms with E-state index in [0.717, 1.165) is 11.1 Å². The van der Waals surface area contributed by atoms with Crippen molar-refractivity contribution in [2.75, 3.05) is 5.06 Å². The van der Waals surface area contributed by atoms with Crippen LogP contribution in [0.5, 0.6) is 0 Å². The molecule has 2 aromatic rings. The summed E-state index contributed by atoms with van der Waals surface area (Å²) in [7, 11) is -2.21. The molecule has 0 saturated heterocycles. The summed E-state index contributed by atoms with van der Waals surface area (Å²) in [6.45, 7) is 12.9. The zero-order valence-electron chi connectivity index (χ0n) is 16.6. The van der Waals surface area contributed by atoms with Crippen molar-refractivity contribution in [2.24, 2.45) is 0 Å². The lowest BCUT2D eigenvalue weighted by Crippen LogP contribution is -2.49. The fraction of sp³-hybridized carbons (Fsp3) is 0.381. The number of amides is 1. The molecule has 0 fully saturated rings. The van der Waals surface area contributed by atoms with Gasteiger partial charge in [0.25, 0.3) is 0 Å². The second-order valence-electron chi connectivity index (χ2n) is 8.02. The van der Waals surface area contributed by atoms with E-state index >= 15 is 0 Å². The van der Waals surface area contributed by atoms with Crippen LogP contribution in [0.25, 0.3) is 0 Å². The van der Waals surface area contributed by atoms with E-state index in [0.29, 0.717) is 5.69 Å². The summed E-state index contributed by atoms with van der Waals surface area (Å²) in [5.41, 5.74) is 2.74. The molecular weight excluding hydrogens is 342 g/mol. The van der Waals surface area contributed by atoms with Crippen LogP contribution in [0.3, 0.4) is 0 Å². The molecular formula is C21H29NO3Si. The molecule has 0 bridgehead atoms. The van der Waals surface area contributed by atoms with Crippen molar-refractivity contribution < 1.29 is 14.1 Å². The Labute approximate surface area is 157 Å². The minimum Gasteiger partial charge on any atom is -0.443 e. The fourth-order valence-electron chi connectivity index (χ4n) is 2.02. The zero-order chi connectivity index (χ0) is 19.4. The summed E-state index contributed by atoms with van der Waals surface area (Å²) in [5.74, 6) is 0. The molecule has 140 valence electrons. The summed E-state index contributed by atoms with van der Waals surface area (Å²) < 4.78 is 11.8. The Morgan fingerprint density at radius 1 is 1.00 bits per heavy atom. The molecule has 0 aliphatic carbocycles. The first-order valence-corrected chi connectivity index (χ1v) is 11.8. The molecule has 2 aromatic carbocycles. The monoisotopic (exact) mass is 371 g/mol. The van der Waals surface area contributed by atoms with Crippen molar-refractivity contribution in [3.63, 3.8) is 0 Å². The standard InChI is InChI=1S/C21H29NO3Si/c1-17-12-14-19(15-13-17)22(25-26(5,6)21(2,3)4)20(23)24-16-18-10-8-7-9-11-18/h7-15H,16H2,1-6H3. The molecule has 26 heavy (non-hydrogen) atoms. The molecule has 0 saturated carbocycles. The number of hydrogen-bond donors (Lipinski definition) is 0. The normalized spacial score (nSPS) is 11.9. The maximum Gasteiger partial charge on any atom is 0.438 e. The van der Waals surface area contributed by atoms with E-state index < -0.39 is 14.4 Å². The van der Waals surface area contributed by atoms with Crippen molar-refractivity contribution in [2.45, 2.75) is 52.4 Å². The first-order valence-electron chi connectivity index (χ1n) is 8.87. The largest absolute Gasteiger partial charge is 0.443 e. The molecule has 0 spiro atoms. The number of hydroxylamine groups is 1. The van der Waals surface area contributed by atoms with E-state index in [9.17, 15) is 4.79 Å². The number of aryl methyl sites for hydroxylation is 1. The van der Waals surface area contributed by atoms with Crippen LogP contribution in [-0.4, -0.2) is 14.4 Å². The highest BCUT2D eigenvalue weighted by Crippen LogP contribution is 2.38. The topological polar surface area (TPSA) is 38.8 Å². The van der Waals surface area contributed by atoms with E-state index in [-0.39, 0.29) is 11.6 Å². The molecule has 2 rings (SSSR count). The van der Waals surface area contributed by atoms with Gasteiger partial charge in [-0.25, -0.2) is 4.79 Å². The van der Waals surface area contributed by atoms with Gasteiger partial charge >= 0.3 is 6.09 Å². The number of ether oxygens (including phenoxy) is 1. The average molecular weight is 372 g/mol. The van der Waals surface area contributed by atoms with E-state index in [1.165, 1.54) is 5.06 Å². The molecule has 0 aromatic heterocycles. The Kier molecular flexibility index (Phi) is 6.26. The quantitative estimate of drug-likeness (QED) is 0.472. The van der Waals surface area contributed by atoms with Crippen molar-refractivity contribution in [1.82, 2.24) is 0 Å². The maximum atomic E-state index is 12.8. The molecule has 0 aliphatic rings. The molecule has 0 atom stereocenters. The molecule has 1 amide bonds. The van der Waals surface area contributed by atoms with E-state index in [1.54, 1.807) is 0 Å². The minimum absolute atomic E-state index is 0.0321. The molecule has 0 heterocycles. The van der Waals surface area contributed by atoms with E-state index in [2.05, 4.69) is 33.9 Å². The second-order valence-corrected chi connectivity index (χ2v) is 12.7. The number of hydrogen-bond acceptors (Lipinski definition) is 3. The third kappa shape index (κ3) is 5.19. The van der Waals surface area contributed by atoms with Crippen LogP contribution in [-0.2, 0) is 15.9 Å². The van der Waals surface area contributed by atoms with Gasteiger partial charge in [-0.2, -0.15) is 5.06 Å². The third-order valence-corrected chi connectivity index (χ3v) is 9.02. The van der Waals surface area contributed by atoms with Crippen LogP contribution in [0.15, 0.2) is 54.6 Å². The maximum absolute atomic E-state index is 12.8. The number of carbonyl (C=O) groups is 1. The van der Waals surface area contributed by atoms with Crippen LogP contribution in [0.1, 0.15) is 31.9 Å². The van der Waals surface area contributed by atoms with Gasteiger partial charge in [-0.1, -0.05) is 68.8 Å². The second kappa shape index (κ2) is 8.06. The van der Waals surface area contributed by atoms with Gasteiger partial charge in [0.2, 0.25) is 8.32 Å². The van der Waals surface area contributed by atoms with Gasteiger partial charge < -0.3 is 9.26 Å². The number of carbonyl (C=O) groups excluding carboxylic acids is 1. The molecule has 0 aliphatic heterocycles. The Bertz CT molecular complexity index is 721. The summed E-state index contributed by atoms with van der Waals surface area (Å²) in [4.78, 5) is 12.8. The van der Waals surface area contributed by atoms with Crippen molar-refractivity contribution in [3.8, 4) is 0 Å². The summed E-state index contributed by atoms with van der Waals surface area (Å²) in [5, 5.41) is 1.29. The summed E-state index contributed by atoms with van der Waals surface area (Å²) in [6, 6.07) is 17.3. The van der Waals surface area contributed by atoms with Gasteiger partial charge in [-0.15, -0.1) is 0 Å². The predicted molar refractivity (Wildman–Crippen MR) is 109 cm³/mol. The van der Waals surface area contributed by atoms with Crippen LogP contribution in [0.2, 0.25) is 18.1 Å². The lowest BCUT2D eigenvalue weighted by Gasteiger charge is -2.39. The Balaban J connectivity index is 2.22. The summed E-state index contributed by atoms with van der Waals surface area (Å²) in [6.07, 6.45) is -0.498. The van der Waals surface area contributed by atoms with Gasteiger partial charge in [-0.3, -0.25) is 0 Å². The lowest BCUT2D eigenvalue weighted by molar-refractivity contribution is 0.117. The highest BCUT2D eigenvalue weighted by atomic mass is 28.4. The number of nitrogens with zero attached hydrogens (tertiary/aromatic N) is 1. The zero-order valence-corrected chi connectivity index (χ0v) is 17.6. The number of benzene rings is 2. The highest BCUT2D eigenvalue weighted by Gasteiger charge is 2.41. The van der Waals surface area contributed by atoms with Gasteiger partial charge in [0, 0.05) is 0 Å². The van der Waals surface area contributed by atoms with Crippen LogP contribution >= 0.6 is 0 Å². The minimum atomic E-state index is -2.21. The van der Waals surface area contributed by atoms with E-state index in [1.807, 2.05) is 61.5 Å². The van der Waals surface area contributed by atoms with Crippen LogP contribution < -0.4 is 5.06 Å². The van der Waals surface area contributed by atoms with Gasteiger partial charge in [-0.05, 0) is 42.8 Å². The first-order chi connectivity index (χ1) is 12.1.